The number of nitrogens with two attached hydrogens (primary N) is 1. The number of primary amides is 1. The molecule has 7 atom stereocenters. The Balaban J connectivity index is 1.51. The summed E-state index contributed by atoms with van der Waals surface area (Å²) in [6, 6.07) is 2.74. The molecule has 1 aromatic rings. The summed E-state index contributed by atoms with van der Waals surface area (Å²) in [7, 11) is 5.29. The number of likely N-dealkylation sites (tertiary alicyclic amines) is 1. The number of ketones is 3. The maximum atomic E-state index is 13.9. The highest BCUT2D eigenvalue weighted by molar-refractivity contribution is 6.25. The Morgan fingerprint density at radius 1 is 1.16 bits per heavy atom. The van der Waals surface area contributed by atoms with Crippen molar-refractivity contribution in [3.8, 4) is 5.75 Å². The molecule has 11 nitrogen and oxygen atoms in total. The molecule has 38 heavy (non-hydrogen) atoms. The van der Waals surface area contributed by atoms with Crippen LogP contribution in [0.25, 0.3) is 0 Å². The summed E-state index contributed by atoms with van der Waals surface area (Å²) in [5.74, 6) is -8.88. The molecule has 0 bridgehead atoms. The molecule has 11 heteroatoms. The van der Waals surface area contributed by atoms with Crippen LogP contribution in [0.4, 0.5) is 5.69 Å². The Morgan fingerprint density at radius 2 is 1.82 bits per heavy atom. The number of rotatable bonds is 4. The van der Waals surface area contributed by atoms with Crippen LogP contribution in [0.1, 0.15) is 35.2 Å². The first-order chi connectivity index (χ1) is 17.9. The zero-order valence-electron chi connectivity index (χ0n) is 21.9. The van der Waals surface area contributed by atoms with E-state index in [2.05, 4.69) is 10.2 Å². The van der Waals surface area contributed by atoms with E-state index in [4.69, 9.17) is 5.73 Å². The second-order valence-corrected chi connectivity index (χ2v) is 11.7. The van der Waals surface area contributed by atoms with Gasteiger partial charge in [-0.2, -0.15) is 0 Å². The Bertz CT molecular complexity index is 1190. The Hall–Kier alpha value is -2.86. The third kappa shape index (κ3) is 3.86. The van der Waals surface area contributed by atoms with Crippen LogP contribution >= 0.6 is 0 Å². The molecule has 1 heterocycles. The van der Waals surface area contributed by atoms with Gasteiger partial charge in [-0.25, -0.2) is 0 Å². The Kier molecular flexibility index (Phi) is 6.62. The second kappa shape index (κ2) is 9.41. The van der Waals surface area contributed by atoms with E-state index in [0.29, 0.717) is 11.3 Å². The van der Waals surface area contributed by atoms with Crippen LogP contribution in [0, 0.1) is 23.7 Å². The molecule has 1 aliphatic heterocycles. The standard InChI is InChI=1S/C27H36N4O7/c1-30(2)20-15-11-13-10-12-4-5-16(29-14-6-8-31(3)9-7-14)21(32)17(12)22(33)18(13)24(35)27(15,38)25(36)19(23(20)34)26(28)37/h4-5,13-15,18-20,23,29,32,34,38H,6-11H2,1-3H3,(H2,28,37)/t13-,15-,18?,19?,20-,23?,27-/m1/s1. The average molecular weight is 529 g/mol. The van der Waals surface area contributed by atoms with E-state index < -0.39 is 64.7 Å². The summed E-state index contributed by atoms with van der Waals surface area (Å²) in [5, 5.41) is 37.0. The Morgan fingerprint density at radius 3 is 2.42 bits per heavy atom. The van der Waals surface area contributed by atoms with Gasteiger partial charge in [0, 0.05) is 18.0 Å². The first-order valence-corrected chi connectivity index (χ1v) is 13.2. The number of phenols is 1. The smallest absolute Gasteiger partial charge is 0.230 e. The monoisotopic (exact) mass is 528 g/mol. The number of amides is 1. The quantitative estimate of drug-likeness (QED) is 0.245. The van der Waals surface area contributed by atoms with Crippen LogP contribution < -0.4 is 11.1 Å². The number of Topliss-reactive ketones (excluding diaryl/α,β-unsaturated/α-hetero) is 3. The molecule has 1 aromatic carbocycles. The fraction of sp³-hybridized carbons (Fsp3) is 0.630. The van der Waals surface area contributed by atoms with Crippen LogP contribution in [0.15, 0.2) is 12.1 Å². The zero-order valence-corrected chi connectivity index (χ0v) is 21.9. The van der Waals surface area contributed by atoms with E-state index in [-0.39, 0.29) is 30.2 Å². The van der Waals surface area contributed by atoms with Gasteiger partial charge in [-0.05, 0) is 77.5 Å². The number of nitrogens with one attached hydrogen (secondary N) is 1. The second-order valence-electron chi connectivity index (χ2n) is 11.7. The van der Waals surface area contributed by atoms with E-state index in [1.54, 1.807) is 31.1 Å². The number of aromatic hydroxyl groups is 1. The molecule has 5 rings (SSSR count). The average Bonchev–Trinajstić information content (AvgIpc) is 2.84. The van der Waals surface area contributed by atoms with Crippen LogP contribution in [0.2, 0.25) is 0 Å². The number of phenolic OH excluding ortho intramolecular Hbond substituents is 1. The van der Waals surface area contributed by atoms with E-state index >= 15 is 0 Å². The van der Waals surface area contributed by atoms with Gasteiger partial charge in [-0.3, -0.25) is 19.2 Å². The molecule has 3 unspecified atom stereocenters. The fourth-order valence-electron chi connectivity index (χ4n) is 7.29. The molecular weight excluding hydrogens is 492 g/mol. The topological polar surface area (TPSA) is 174 Å². The molecule has 0 spiro atoms. The number of carbonyl (C=O) groups excluding carboxylic acids is 4. The lowest BCUT2D eigenvalue weighted by Crippen LogP contribution is -2.75. The SMILES string of the molecule is CN1CCC(Nc2ccc3c(c2O)C(=O)C2C(=O)[C@@]4(O)C(=O)C(C(N)=O)C(O)[C@H](N(C)C)[C@H]4C[C@H]2C3)CC1. The summed E-state index contributed by atoms with van der Waals surface area (Å²) < 4.78 is 0. The molecular formula is C27H36N4O7. The number of piperidine rings is 1. The third-order valence-corrected chi connectivity index (χ3v) is 9.24. The van der Waals surface area contributed by atoms with Crippen molar-refractivity contribution >= 4 is 28.9 Å². The van der Waals surface area contributed by atoms with Crippen LogP contribution in [0.3, 0.4) is 0 Å². The van der Waals surface area contributed by atoms with Gasteiger partial charge in [0.1, 0.15) is 11.7 Å². The van der Waals surface area contributed by atoms with Gasteiger partial charge in [0.15, 0.2) is 23.0 Å². The van der Waals surface area contributed by atoms with Gasteiger partial charge >= 0.3 is 0 Å². The summed E-state index contributed by atoms with van der Waals surface area (Å²) in [4.78, 5) is 57.0. The number of carbonyl (C=O) groups is 4. The maximum absolute atomic E-state index is 13.9. The minimum atomic E-state index is -2.65. The normalized spacial score (nSPS) is 36.0. The number of anilines is 1. The number of aliphatic hydroxyl groups is 2. The van der Waals surface area contributed by atoms with Crippen LogP contribution in [-0.2, 0) is 20.8 Å². The maximum Gasteiger partial charge on any atom is 0.230 e. The highest BCUT2D eigenvalue weighted by atomic mass is 16.3. The lowest BCUT2D eigenvalue weighted by molar-refractivity contribution is -0.190. The summed E-state index contributed by atoms with van der Waals surface area (Å²) in [5.41, 5.74) is 3.79. The number of hydrogen-bond donors (Lipinski definition) is 5. The van der Waals surface area contributed by atoms with Crippen molar-refractivity contribution in [2.45, 2.75) is 49.5 Å². The molecule has 206 valence electrons. The summed E-state index contributed by atoms with van der Waals surface area (Å²) >= 11 is 0. The van der Waals surface area contributed by atoms with Gasteiger partial charge in [0.05, 0.1) is 23.3 Å². The number of hydrogen-bond acceptors (Lipinski definition) is 10. The minimum absolute atomic E-state index is 0.0264. The molecule has 0 aromatic heterocycles. The van der Waals surface area contributed by atoms with Crippen molar-refractivity contribution < 1.29 is 34.5 Å². The van der Waals surface area contributed by atoms with Gasteiger partial charge < -0.3 is 36.2 Å². The fourth-order valence-corrected chi connectivity index (χ4v) is 7.29. The van der Waals surface area contributed by atoms with Crippen molar-refractivity contribution in [2.24, 2.45) is 29.4 Å². The minimum Gasteiger partial charge on any atom is -0.505 e. The van der Waals surface area contributed by atoms with Crippen molar-refractivity contribution in [3.05, 3.63) is 23.3 Å². The molecule has 4 aliphatic rings. The molecule has 3 aliphatic carbocycles. The lowest BCUT2D eigenvalue weighted by Gasteiger charge is -2.54. The zero-order chi connectivity index (χ0) is 27.7. The van der Waals surface area contributed by atoms with Crippen LogP contribution in [0.5, 0.6) is 5.75 Å². The highest BCUT2D eigenvalue weighted by Gasteiger charge is 2.69. The van der Waals surface area contributed by atoms with Crippen molar-refractivity contribution in [2.75, 3.05) is 39.5 Å². The van der Waals surface area contributed by atoms with Gasteiger partial charge in [-0.1, -0.05) is 6.07 Å². The number of benzene rings is 1. The van der Waals surface area contributed by atoms with E-state index in [1.807, 2.05) is 7.05 Å². The summed E-state index contributed by atoms with van der Waals surface area (Å²) in [6.45, 7) is 1.81. The first kappa shape index (κ1) is 26.7. The van der Waals surface area contributed by atoms with E-state index in [9.17, 15) is 34.5 Å². The molecule has 1 amide bonds. The van der Waals surface area contributed by atoms with Crippen molar-refractivity contribution in [1.29, 1.82) is 0 Å². The predicted molar refractivity (Wildman–Crippen MR) is 136 cm³/mol. The molecule has 1 saturated heterocycles. The largest absolute Gasteiger partial charge is 0.505 e. The molecule has 0 radical (unpaired) electrons. The van der Waals surface area contributed by atoms with E-state index in [1.165, 1.54) is 0 Å². The summed E-state index contributed by atoms with van der Waals surface area (Å²) in [6.07, 6.45) is 0.635. The molecule has 2 saturated carbocycles. The molecule has 6 N–H and O–H groups in total. The first-order valence-electron chi connectivity index (χ1n) is 13.2. The van der Waals surface area contributed by atoms with E-state index in [0.717, 1.165) is 25.9 Å². The Labute approximate surface area is 221 Å². The number of aliphatic hydroxyl groups excluding tert-OH is 1. The highest BCUT2D eigenvalue weighted by Crippen LogP contribution is 2.52. The predicted octanol–water partition coefficient (Wildman–Crippen LogP) is -0.835. The van der Waals surface area contributed by atoms with Crippen LogP contribution in [-0.4, -0.2) is 106 Å². The number of nitrogens with zero attached hydrogens (tertiary/aromatic N) is 2. The third-order valence-electron chi connectivity index (χ3n) is 9.24. The van der Waals surface area contributed by atoms with Gasteiger partial charge in [0.25, 0.3) is 0 Å². The van der Waals surface area contributed by atoms with Gasteiger partial charge in [-0.15, -0.1) is 0 Å². The lowest BCUT2D eigenvalue weighted by atomic mass is 9.52. The number of likely N-dealkylation sites (N-methyl/N-ethyl adjacent to an activating group) is 1. The molecule has 3 fully saturated rings. The van der Waals surface area contributed by atoms with Crippen molar-refractivity contribution in [1.82, 2.24) is 9.80 Å². The number of fused-ring (bicyclic) bond motifs is 3. The van der Waals surface area contributed by atoms with Gasteiger partial charge in [0.2, 0.25) is 5.91 Å². The van der Waals surface area contributed by atoms with Crippen molar-refractivity contribution in [3.63, 3.8) is 0 Å².